The van der Waals surface area contributed by atoms with Crippen LogP contribution in [0.3, 0.4) is 0 Å². The van der Waals surface area contributed by atoms with Crippen molar-refractivity contribution in [3.8, 4) is 0 Å². The van der Waals surface area contributed by atoms with Crippen LogP contribution in [0.25, 0.3) is 0 Å². The first-order valence-electron chi connectivity index (χ1n) is 6.66. The highest BCUT2D eigenvalue weighted by atomic mass is 16.6. The van der Waals surface area contributed by atoms with E-state index in [0.29, 0.717) is 13.0 Å². The van der Waals surface area contributed by atoms with Crippen molar-refractivity contribution < 1.29 is 14.6 Å². The number of fused-ring (bicyclic) bond motifs is 1. The Morgan fingerprint density at radius 3 is 2.74 bits per heavy atom. The fourth-order valence-corrected chi connectivity index (χ4v) is 2.24. The predicted octanol–water partition coefficient (Wildman–Crippen LogP) is 3.26. The molecule has 0 aliphatic carbocycles. The molecule has 4 heteroatoms. The van der Waals surface area contributed by atoms with Gasteiger partial charge in [-0.15, -0.1) is 0 Å². The van der Waals surface area contributed by atoms with E-state index >= 15 is 0 Å². The minimum Gasteiger partial charge on any atom is -0.443 e. The van der Waals surface area contributed by atoms with Gasteiger partial charge in [0.2, 0.25) is 0 Å². The number of nitrogens with zero attached hydrogens (tertiary/aromatic N) is 1. The molecule has 1 aromatic carbocycles. The van der Waals surface area contributed by atoms with Gasteiger partial charge in [0, 0.05) is 12.1 Å². The summed E-state index contributed by atoms with van der Waals surface area (Å²) in [6.07, 6.45) is 0.559. The first kappa shape index (κ1) is 13.9. The Labute approximate surface area is 114 Å². The largest absolute Gasteiger partial charge is 0.443 e. The van der Waals surface area contributed by atoms with Gasteiger partial charge in [-0.3, -0.25) is 4.90 Å². The maximum atomic E-state index is 12.3. The number of hydrogen-bond donors (Lipinski definition) is 1. The second kappa shape index (κ2) is 5.21. The molecular formula is C15H21NO3. The molecular weight excluding hydrogens is 242 g/mol. The molecule has 1 amide bonds. The first-order chi connectivity index (χ1) is 8.88. The van der Waals surface area contributed by atoms with E-state index in [9.17, 15) is 9.90 Å². The quantitative estimate of drug-likeness (QED) is 0.781. The summed E-state index contributed by atoms with van der Waals surface area (Å²) < 4.78 is 5.43. The molecule has 1 atom stereocenters. The number of carbonyl (C=O) groups is 1. The SMILES string of the molecule is CC(C)(C)OC(=O)N1CCCC(O)c2ccccc21. The predicted molar refractivity (Wildman–Crippen MR) is 74.2 cm³/mol. The van der Waals surface area contributed by atoms with Gasteiger partial charge in [-0.25, -0.2) is 4.79 Å². The average Bonchev–Trinajstić information content (AvgIpc) is 2.47. The molecule has 0 bridgehead atoms. The van der Waals surface area contributed by atoms with Crippen molar-refractivity contribution in [1.82, 2.24) is 0 Å². The molecule has 1 unspecified atom stereocenters. The van der Waals surface area contributed by atoms with Crippen LogP contribution in [-0.4, -0.2) is 23.3 Å². The molecule has 0 saturated carbocycles. The standard InChI is InChI=1S/C15H21NO3/c1-15(2,3)19-14(18)16-10-6-9-13(17)11-7-4-5-8-12(11)16/h4-5,7-8,13,17H,6,9-10H2,1-3H3. The lowest BCUT2D eigenvalue weighted by Crippen LogP contribution is -2.37. The number of benzene rings is 1. The molecule has 4 nitrogen and oxygen atoms in total. The highest BCUT2D eigenvalue weighted by Gasteiger charge is 2.28. The van der Waals surface area contributed by atoms with Gasteiger partial charge in [-0.2, -0.15) is 0 Å². The lowest BCUT2D eigenvalue weighted by molar-refractivity contribution is 0.0580. The van der Waals surface area contributed by atoms with Gasteiger partial charge >= 0.3 is 6.09 Å². The summed E-state index contributed by atoms with van der Waals surface area (Å²) in [5.74, 6) is 0. The number of hydrogen-bond acceptors (Lipinski definition) is 3. The number of amides is 1. The summed E-state index contributed by atoms with van der Waals surface area (Å²) in [7, 11) is 0. The van der Waals surface area contributed by atoms with E-state index in [1.807, 2.05) is 45.0 Å². The Kier molecular flexibility index (Phi) is 3.80. The zero-order chi connectivity index (χ0) is 14.0. The van der Waals surface area contributed by atoms with Crippen molar-refractivity contribution in [2.45, 2.75) is 45.3 Å². The molecule has 1 aliphatic rings. The number of aliphatic hydroxyl groups is 1. The van der Waals surface area contributed by atoms with Crippen molar-refractivity contribution in [3.63, 3.8) is 0 Å². The molecule has 0 spiro atoms. The molecule has 0 radical (unpaired) electrons. The summed E-state index contributed by atoms with van der Waals surface area (Å²) in [5, 5.41) is 10.1. The lowest BCUT2D eigenvalue weighted by Gasteiger charge is -2.27. The van der Waals surface area contributed by atoms with E-state index in [0.717, 1.165) is 17.7 Å². The molecule has 1 heterocycles. The third kappa shape index (κ3) is 3.26. The van der Waals surface area contributed by atoms with Crippen LogP contribution in [0, 0.1) is 0 Å². The Morgan fingerprint density at radius 2 is 2.05 bits per heavy atom. The summed E-state index contributed by atoms with van der Waals surface area (Å²) in [6, 6.07) is 7.46. The van der Waals surface area contributed by atoms with Crippen LogP contribution >= 0.6 is 0 Å². The molecule has 1 aliphatic heterocycles. The topological polar surface area (TPSA) is 49.8 Å². The second-order valence-corrected chi connectivity index (χ2v) is 5.85. The van der Waals surface area contributed by atoms with Gasteiger partial charge in [0.1, 0.15) is 5.60 Å². The Morgan fingerprint density at radius 1 is 1.37 bits per heavy atom. The third-order valence-corrected chi connectivity index (χ3v) is 3.06. The number of aliphatic hydroxyl groups excluding tert-OH is 1. The van der Waals surface area contributed by atoms with Crippen LogP contribution in [0.2, 0.25) is 0 Å². The van der Waals surface area contributed by atoms with E-state index in [1.54, 1.807) is 4.90 Å². The van der Waals surface area contributed by atoms with Gasteiger partial charge in [0.15, 0.2) is 0 Å². The van der Waals surface area contributed by atoms with Gasteiger partial charge in [-0.1, -0.05) is 18.2 Å². The van der Waals surface area contributed by atoms with Crippen LogP contribution in [0.1, 0.15) is 45.3 Å². The number of anilines is 1. The lowest BCUT2D eigenvalue weighted by atomic mass is 10.0. The van der Waals surface area contributed by atoms with E-state index in [4.69, 9.17) is 4.74 Å². The molecule has 0 fully saturated rings. The highest BCUT2D eigenvalue weighted by Crippen LogP contribution is 2.33. The third-order valence-electron chi connectivity index (χ3n) is 3.06. The Balaban J connectivity index is 2.31. The van der Waals surface area contributed by atoms with Crippen molar-refractivity contribution in [3.05, 3.63) is 29.8 Å². The monoisotopic (exact) mass is 263 g/mol. The van der Waals surface area contributed by atoms with Gasteiger partial charge in [-0.05, 0) is 39.7 Å². The maximum Gasteiger partial charge on any atom is 0.414 e. The molecule has 1 aromatic rings. The van der Waals surface area contributed by atoms with E-state index in [2.05, 4.69) is 0 Å². The second-order valence-electron chi connectivity index (χ2n) is 5.85. The molecule has 0 saturated heterocycles. The van der Waals surface area contributed by atoms with Gasteiger partial charge in [0.05, 0.1) is 11.8 Å². The first-order valence-corrected chi connectivity index (χ1v) is 6.66. The number of carbonyl (C=O) groups excluding carboxylic acids is 1. The van der Waals surface area contributed by atoms with Crippen LogP contribution in [0.5, 0.6) is 0 Å². The molecule has 2 rings (SSSR count). The fourth-order valence-electron chi connectivity index (χ4n) is 2.24. The number of para-hydroxylation sites is 1. The molecule has 104 valence electrons. The smallest absolute Gasteiger partial charge is 0.414 e. The number of ether oxygens (including phenoxy) is 1. The van der Waals surface area contributed by atoms with Gasteiger partial charge < -0.3 is 9.84 Å². The van der Waals surface area contributed by atoms with Crippen molar-refractivity contribution in [2.75, 3.05) is 11.4 Å². The van der Waals surface area contributed by atoms with Crippen LogP contribution in [0.15, 0.2) is 24.3 Å². The normalized spacial score (nSPS) is 19.6. The molecule has 1 N–H and O–H groups in total. The van der Waals surface area contributed by atoms with E-state index in [1.165, 1.54) is 0 Å². The number of rotatable bonds is 0. The summed E-state index contributed by atoms with van der Waals surface area (Å²) in [6.45, 7) is 6.12. The summed E-state index contributed by atoms with van der Waals surface area (Å²) >= 11 is 0. The van der Waals surface area contributed by atoms with Crippen molar-refractivity contribution in [1.29, 1.82) is 0 Å². The van der Waals surface area contributed by atoms with Crippen LogP contribution in [0.4, 0.5) is 10.5 Å². The van der Waals surface area contributed by atoms with Crippen molar-refractivity contribution in [2.24, 2.45) is 0 Å². The van der Waals surface area contributed by atoms with Crippen molar-refractivity contribution >= 4 is 11.8 Å². The van der Waals surface area contributed by atoms with Crippen LogP contribution < -0.4 is 4.90 Å². The molecule has 0 aromatic heterocycles. The average molecular weight is 263 g/mol. The fraction of sp³-hybridized carbons (Fsp3) is 0.533. The summed E-state index contributed by atoms with van der Waals surface area (Å²) in [5.41, 5.74) is 1.03. The van der Waals surface area contributed by atoms with E-state index in [-0.39, 0.29) is 6.09 Å². The van der Waals surface area contributed by atoms with Gasteiger partial charge in [0.25, 0.3) is 0 Å². The zero-order valence-corrected chi connectivity index (χ0v) is 11.7. The zero-order valence-electron chi connectivity index (χ0n) is 11.7. The Bertz CT molecular complexity index is 465. The van der Waals surface area contributed by atoms with Crippen LogP contribution in [-0.2, 0) is 4.74 Å². The van der Waals surface area contributed by atoms with E-state index < -0.39 is 11.7 Å². The maximum absolute atomic E-state index is 12.3. The highest BCUT2D eigenvalue weighted by molar-refractivity contribution is 5.89. The minimum atomic E-state index is -0.517. The minimum absolute atomic E-state index is 0.353. The Hall–Kier alpha value is -1.55. The summed E-state index contributed by atoms with van der Waals surface area (Å²) in [4.78, 5) is 13.9. The molecule has 19 heavy (non-hydrogen) atoms.